The van der Waals surface area contributed by atoms with E-state index in [0.717, 1.165) is 25.7 Å². The molecule has 3 aliphatic rings. The lowest BCUT2D eigenvalue weighted by atomic mass is 9.76. The highest BCUT2D eigenvalue weighted by Gasteiger charge is 2.54. The number of halogens is 2. The lowest BCUT2D eigenvalue weighted by molar-refractivity contribution is -0.142. The van der Waals surface area contributed by atoms with Gasteiger partial charge in [-0.15, -0.1) is 0 Å². The van der Waals surface area contributed by atoms with Crippen LogP contribution in [-0.2, 0) is 4.79 Å². The third kappa shape index (κ3) is 2.86. The minimum Gasteiger partial charge on any atom is -0.347 e. The van der Waals surface area contributed by atoms with Crippen molar-refractivity contribution in [2.24, 2.45) is 11.3 Å². The summed E-state index contributed by atoms with van der Waals surface area (Å²) in [5, 5.41) is 6.30. The molecule has 136 valence electrons. The summed E-state index contributed by atoms with van der Waals surface area (Å²) in [6.45, 7) is 1.19. The lowest BCUT2D eigenvalue weighted by Crippen LogP contribution is -2.57. The minimum atomic E-state index is -2.77. The Kier molecular flexibility index (Phi) is 4.09. The molecule has 1 aromatic rings. The minimum absolute atomic E-state index is 0.00899. The molecule has 1 spiro atoms. The number of hydrogen-bond donors (Lipinski definition) is 1. The van der Waals surface area contributed by atoms with Gasteiger partial charge in [-0.25, -0.2) is 8.78 Å². The molecule has 1 N–H and O–H groups in total. The Bertz CT molecular complexity index is 679. The van der Waals surface area contributed by atoms with Gasteiger partial charge in [0.1, 0.15) is 0 Å². The molecule has 0 aromatic carbocycles. The number of nitrogens with one attached hydrogen (secondary N) is 1. The zero-order valence-electron chi connectivity index (χ0n) is 14.0. The largest absolute Gasteiger partial charge is 0.347 e. The standard InChI is InChI=1S/C18H22F2N2O2S/c19-18(20)6-3-14(18)21-15(23)13-2-1-5-17(13)7-8-22(11-17)16(24)12-4-9-25-10-12/h4,9-10,13-14H,1-3,5-8,11H2,(H,21,23)/t13-,14+,17-/m0/s1. The molecule has 2 aliphatic carbocycles. The number of hydrogen-bond acceptors (Lipinski definition) is 3. The maximum atomic E-state index is 13.5. The molecule has 0 unspecified atom stereocenters. The van der Waals surface area contributed by atoms with Crippen LogP contribution in [0.3, 0.4) is 0 Å². The van der Waals surface area contributed by atoms with Gasteiger partial charge in [0.15, 0.2) is 0 Å². The van der Waals surface area contributed by atoms with Crippen molar-refractivity contribution in [1.29, 1.82) is 0 Å². The Morgan fingerprint density at radius 3 is 2.72 bits per heavy atom. The molecule has 3 atom stereocenters. The van der Waals surface area contributed by atoms with Gasteiger partial charge in [-0.05, 0) is 37.1 Å². The van der Waals surface area contributed by atoms with E-state index in [-0.39, 0.29) is 29.6 Å². The fourth-order valence-electron chi connectivity index (χ4n) is 4.63. The van der Waals surface area contributed by atoms with Gasteiger partial charge in [-0.2, -0.15) is 11.3 Å². The van der Waals surface area contributed by atoms with Gasteiger partial charge in [0.05, 0.1) is 11.6 Å². The third-order valence-corrected chi connectivity index (χ3v) is 6.94. The molecular weight excluding hydrogens is 346 g/mol. The van der Waals surface area contributed by atoms with Crippen molar-refractivity contribution >= 4 is 23.2 Å². The Labute approximate surface area is 149 Å². The van der Waals surface area contributed by atoms with Crippen LogP contribution in [0.25, 0.3) is 0 Å². The fraction of sp³-hybridized carbons (Fsp3) is 0.667. The quantitative estimate of drug-likeness (QED) is 0.890. The predicted molar refractivity (Wildman–Crippen MR) is 90.7 cm³/mol. The van der Waals surface area contributed by atoms with Gasteiger partial charge in [0.2, 0.25) is 5.91 Å². The number of thiophene rings is 1. The van der Waals surface area contributed by atoms with Crippen LogP contribution in [0, 0.1) is 11.3 Å². The lowest BCUT2D eigenvalue weighted by Gasteiger charge is -2.39. The van der Waals surface area contributed by atoms with Crippen molar-refractivity contribution in [3.05, 3.63) is 22.4 Å². The van der Waals surface area contributed by atoms with E-state index in [4.69, 9.17) is 0 Å². The molecule has 0 bridgehead atoms. The topological polar surface area (TPSA) is 49.4 Å². The van der Waals surface area contributed by atoms with Crippen LogP contribution in [0.4, 0.5) is 8.78 Å². The van der Waals surface area contributed by atoms with Crippen LogP contribution in [0.5, 0.6) is 0 Å². The van der Waals surface area contributed by atoms with Crippen LogP contribution in [0.2, 0.25) is 0 Å². The maximum Gasteiger partial charge on any atom is 0.267 e. The first-order chi connectivity index (χ1) is 11.9. The highest BCUT2D eigenvalue weighted by atomic mass is 32.1. The summed E-state index contributed by atoms with van der Waals surface area (Å²) in [5.41, 5.74) is 0.449. The summed E-state index contributed by atoms with van der Waals surface area (Å²) in [6.07, 6.45) is 3.52. The highest BCUT2D eigenvalue weighted by Crippen LogP contribution is 2.50. The summed E-state index contributed by atoms with van der Waals surface area (Å²) >= 11 is 1.49. The zero-order valence-corrected chi connectivity index (χ0v) is 14.8. The van der Waals surface area contributed by atoms with Crippen molar-refractivity contribution in [3.63, 3.8) is 0 Å². The normalized spacial score (nSPS) is 33.4. The van der Waals surface area contributed by atoms with Gasteiger partial charge >= 0.3 is 0 Å². The number of rotatable bonds is 3. The molecule has 0 radical (unpaired) electrons. The second-order valence-electron chi connectivity index (χ2n) is 7.66. The molecule has 2 amide bonds. The molecule has 2 heterocycles. The molecule has 4 nitrogen and oxygen atoms in total. The number of carbonyl (C=O) groups excluding carboxylic acids is 2. The first-order valence-corrected chi connectivity index (χ1v) is 9.85. The predicted octanol–water partition coefficient (Wildman–Crippen LogP) is 3.29. The summed E-state index contributed by atoms with van der Waals surface area (Å²) in [6, 6.07) is 0.804. The first kappa shape index (κ1) is 16.9. The van der Waals surface area contributed by atoms with E-state index in [2.05, 4.69) is 5.32 Å². The van der Waals surface area contributed by atoms with E-state index < -0.39 is 12.0 Å². The molecule has 1 saturated heterocycles. The van der Waals surface area contributed by atoms with Crippen molar-refractivity contribution in [1.82, 2.24) is 10.2 Å². The molecule has 2 saturated carbocycles. The third-order valence-electron chi connectivity index (χ3n) is 6.26. The number of likely N-dealkylation sites (tertiary alicyclic amines) is 1. The van der Waals surface area contributed by atoms with E-state index in [9.17, 15) is 18.4 Å². The second kappa shape index (κ2) is 6.04. The summed E-state index contributed by atoms with van der Waals surface area (Å²) in [4.78, 5) is 27.1. The SMILES string of the molecule is O=C(N[C@@H]1CCC1(F)F)[C@@H]1CCC[C@@]12CCN(C(=O)c1ccsc1)C2. The average Bonchev–Trinajstić information content (AvgIpc) is 3.33. The van der Waals surface area contributed by atoms with Gasteiger partial charge in [0.25, 0.3) is 11.8 Å². The van der Waals surface area contributed by atoms with E-state index in [1.165, 1.54) is 11.3 Å². The van der Waals surface area contributed by atoms with Crippen LogP contribution in [0.15, 0.2) is 16.8 Å². The molecular formula is C18H22F2N2O2S. The van der Waals surface area contributed by atoms with Gasteiger partial charge in [-0.1, -0.05) is 6.42 Å². The molecule has 1 aliphatic heterocycles. The number of amides is 2. The van der Waals surface area contributed by atoms with E-state index in [1.807, 2.05) is 21.7 Å². The smallest absolute Gasteiger partial charge is 0.267 e. The Morgan fingerprint density at radius 2 is 2.08 bits per heavy atom. The second-order valence-corrected chi connectivity index (χ2v) is 8.44. The highest BCUT2D eigenvalue weighted by molar-refractivity contribution is 7.08. The molecule has 1 aromatic heterocycles. The maximum absolute atomic E-state index is 13.5. The van der Waals surface area contributed by atoms with Crippen LogP contribution in [-0.4, -0.2) is 41.8 Å². The number of alkyl halides is 2. The van der Waals surface area contributed by atoms with E-state index in [1.54, 1.807) is 0 Å². The molecule has 25 heavy (non-hydrogen) atoms. The fourth-order valence-corrected chi connectivity index (χ4v) is 5.26. The molecule has 4 rings (SSSR count). The Morgan fingerprint density at radius 1 is 1.24 bits per heavy atom. The number of nitrogens with zero attached hydrogens (tertiary/aromatic N) is 1. The molecule has 7 heteroatoms. The summed E-state index contributed by atoms with van der Waals surface area (Å²) in [5.74, 6) is -3.26. The van der Waals surface area contributed by atoms with Crippen LogP contribution in [0.1, 0.15) is 48.9 Å². The van der Waals surface area contributed by atoms with Crippen molar-refractivity contribution in [2.45, 2.75) is 50.5 Å². The monoisotopic (exact) mass is 368 g/mol. The summed E-state index contributed by atoms with van der Waals surface area (Å²) < 4.78 is 27.0. The van der Waals surface area contributed by atoms with Crippen LogP contribution < -0.4 is 5.32 Å². The zero-order chi connectivity index (χ0) is 17.7. The van der Waals surface area contributed by atoms with Gasteiger partial charge in [-0.3, -0.25) is 9.59 Å². The van der Waals surface area contributed by atoms with Gasteiger partial charge in [0, 0.05) is 36.2 Å². The first-order valence-electron chi connectivity index (χ1n) is 8.91. The average molecular weight is 368 g/mol. The van der Waals surface area contributed by atoms with Gasteiger partial charge < -0.3 is 10.2 Å². The van der Waals surface area contributed by atoms with Crippen molar-refractivity contribution in [2.75, 3.05) is 13.1 Å². The Hall–Kier alpha value is -1.50. The van der Waals surface area contributed by atoms with Crippen molar-refractivity contribution in [3.8, 4) is 0 Å². The van der Waals surface area contributed by atoms with Crippen LogP contribution >= 0.6 is 11.3 Å². The molecule has 3 fully saturated rings. The summed E-state index contributed by atoms with van der Waals surface area (Å²) in [7, 11) is 0. The van der Waals surface area contributed by atoms with E-state index in [0.29, 0.717) is 25.1 Å². The van der Waals surface area contributed by atoms with E-state index >= 15 is 0 Å². The van der Waals surface area contributed by atoms with Crippen molar-refractivity contribution < 1.29 is 18.4 Å². The number of carbonyl (C=O) groups is 2. The Balaban J connectivity index is 1.44.